The first-order chi connectivity index (χ1) is 15.6. The van der Waals surface area contributed by atoms with E-state index >= 15 is 0 Å². The van der Waals surface area contributed by atoms with Crippen molar-refractivity contribution >= 4 is 11.8 Å². The van der Waals surface area contributed by atoms with Crippen LogP contribution in [-0.2, 0) is 9.59 Å². The average Bonchev–Trinajstić information content (AvgIpc) is 2.73. The van der Waals surface area contributed by atoms with Crippen LogP contribution in [0.3, 0.4) is 0 Å². The van der Waals surface area contributed by atoms with E-state index in [1.54, 1.807) is 0 Å². The van der Waals surface area contributed by atoms with Gasteiger partial charge in [-0.25, -0.2) is 0 Å². The molecule has 9 atom stereocenters. The summed E-state index contributed by atoms with van der Waals surface area (Å²) in [4.78, 5) is 25.2. The third kappa shape index (κ3) is 2.75. The molecule has 4 saturated carbocycles. The molecular weight excluding hydrogens is 424 g/mol. The summed E-state index contributed by atoms with van der Waals surface area (Å²) in [5.41, 5.74) is 0.360. The fourth-order valence-electron chi connectivity index (χ4n) is 10.5. The fraction of sp³-hybridized carbons (Fsp3) is 0.867. The summed E-state index contributed by atoms with van der Waals surface area (Å²) in [7, 11) is 0. The zero-order valence-electron chi connectivity index (χ0n) is 22.5. The summed E-state index contributed by atoms with van der Waals surface area (Å²) in [6.45, 7) is 15.9. The largest absolute Gasteiger partial charge is 0.481 e. The molecule has 0 aromatic rings. The molecule has 4 fully saturated rings. The maximum Gasteiger partial charge on any atom is 0.309 e. The van der Waals surface area contributed by atoms with Crippen LogP contribution >= 0.6 is 0 Å². The van der Waals surface area contributed by atoms with E-state index in [1.165, 1.54) is 5.57 Å². The second-order valence-corrected chi connectivity index (χ2v) is 14.8. The first-order valence-corrected chi connectivity index (χ1v) is 13.7. The van der Waals surface area contributed by atoms with Gasteiger partial charge in [0.05, 0.1) is 11.5 Å². The number of hydrogen-bond donors (Lipinski definition) is 2. The molecule has 190 valence electrons. The van der Waals surface area contributed by atoms with Gasteiger partial charge >= 0.3 is 5.97 Å². The molecule has 4 heteroatoms. The van der Waals surface area contributed by atoms with Gasteiger partial charge in [-0.2, -0.15) is 0 Å². The number of aliphatic carboxylic acids is 1. The van der Waals surface area contributed by atoms with Crippen molar-refractivity contribution in [3.63, 3.8) is 0 Å². The van der Waals surface area contributed by atoms with E-state index in [9.17, 15) is 19.8 Å². The predicted molar refractivity (Wildman–Crippen MR) is 133 cm³/mol. The Balaban J connectivity index is 1.59. The molecule has 0 radical (unpaired) electrons. The lowest BCUT2D eigenvalue weighted by molar-refractivity contribution is -0.193. The number of carboxylic acid groups (broad SMARTS) is 1. The molecule has 0 heterocycles. The van der Waals surface area contributed by atoms with E-state index in [0.717, 1.165) is 38.5 Å². The lowest BCUT2D eigenvalue weighted by Gasteiger charge is -2.71. The maximum absolute atomic E-state index is 12.9. The van der Waals surface area contributed by atoms with Crippen molar-refractivity contribution in [3.8, 4) is 0 Å². The predicted octanol–water partition coefficient (Wildman–Crippen LogP) is 6.41. The second kappa shape index (κ2) is 6.99. The van der Waals surface area contributed by atoms with Crippen molar-refractivity contribution in [2.75, 3.05) is 0 Å². The zero-order chi connectivity index (χ0) is 25.1. The molecule has 0 aromatic heterocycles. The highest BCUT2D eigenvalue weighted by atomic mass is 16.4. The second-order valence-electron chi connectivity index (χ2n) is 14.8. The zero-order valence-corrected chi connectivity index (χ0v) is 22.5. The van der Waals surface area contributed by atoms with Crippen LogP contribution in [0.4, 0.5) is 0 Å². The molecule has 5 rings (SSSR count). The van der Waals surface area contributed by atoms with E-state index in [2.05, 4.69) is 47.6 Å². The smallest absolute Gasteiger partial charge is 0.309 e. The number of aliphatic hydroxyl groups is 1. The van der Waals surface area contributed by atoms with Crippen LogP contribution in [0.1, 0.15) is 106 Å². The standard InChI is InChI=1S/C30H46O4/c1-25(2)20-10-13-30(7)21(28(20,5)12-11-22(25)31)9-8-18-19-16-26(3,24(33)34)17-23(32)27(19,4)14-15-29(18,30)6/h8,19-21,23,32H,9-17H2,1-7H3,(H,33,34)/t19?,20-,21+,23-,26-,27+,28-,29+,30+/m0/s1. The van der Waals surface area contributed by atoms with Crippen LogP contribution in [0.2, 0.25) is 0 Å². The first kappa shape index (κ1) is 24.5. The minimum atomic E-state index is -0.877. The summed E-state index contributed by atoms with van der Waals surface area (Å²) in [5, 5.41) is 21.3. The number of rotatable bonds is 1. The van der Waals surface area contributed by atoms with Crippen LogP contribution in [0.25, 0.3) is 0 Å². The summed E-state index contributed by atoms with van der Waals surface area (Å²) < 4.78 is 0. The maximum atomic E-state index is 12.9. The highest BCUT2D eigenvalue weighted by molar-refractivity contribution is 5.85. The SMILES string of the molecule is CC1(C)C(=O)CC[C@]2(C)[C@H]3CC=C4C5C[C@](C)(C(=O)O)C[C@H](O)[C@]5(C)CC[C@@]4(C)[C@]3(C)CC[C@@H]12. The Labute approximate surface area is 206 Å². The van der Waals surface area contributed by atoms with Gasteiger partial charge in [0.2, 0.25) is 0 Å². The molecular formula is C30H46O4. The van der Waals surface area contributed by atoms with E-state index in [1.807, 2.05) is 6.92 Å². The monoisotopic (exact) mass is 470 g/mol. The van der Waals surface area contributed by atoms with E-state index in [4.69, 9.17) is 0 Å². The Bertz CT molecular complexity index is 965. The number of hydrogen-bond acceptors (Lipinski definition) is 3. The molecule has 0 spiro atoms. The topological polar surface area (TPSA) is 74.6 Å². The molecule has 0 aromatic carbocycles. The Morgan fingerprint density at radius 2 is 1.59 bits per heavy atom. The van der Waals surface area contributed by atoms with Gasteiger partial charge in [0.15, 0.2) is 0 Å². The lowest BCUT2D eigenvalue weighted by atomic mass is 9.33. The average molecular weight is 471 g/mol. The van der Waals surface area contributed by atoms with Crippen molar-refractivity contribution in [1.82, 2.24) is 0 Å². The van der Waals surface area contributed by atoms with Gasteiger partial charge in [0.25, 0.3) is 0 Å². The third-order valence-electron chi connectivity index (χ3n) is 13.2. The number of ketones is 1. The van der Waals surface area contributed by atoms with Crippen LogP contribution in [0.15, 0.2) is 11.6 Å². The molecule has 0 aliphatic heterocycles. The number of carbonyl (C=O) groups is 2. The number of allylic oxidation sites excluding steroid dienone is 2. The number of carbonyl (C=O) groups excluding carboxylic acids is 1. The molecule has 4 nitrogen and oxygen atoms in total. The molecule has 5 aliphatic rings. The lowest BCUT2D eigenvalue weighted by Crippen LogP contribution is -2.65. The molecule has 34 heavy (non-hydrogen) atoms. The number of fused-ring (bicyclic) bond motifs is 7. The van der Waals surface area contributed by atoms with Crippen molar-refractivity contribution in [2.24, 2.45) is 50.2 Å². The van der Waals surface area contributed by atoms with Gasteiger partial charge in [0.1, 0.15) is 5.78 Å². The molecule has 5 aliphatic carbocycles. The van der Waals surface area contributed by atoms with Crippen LogP contribution in [0, 0.1) is 50.2 Å². The number of carboxylic acids is 1. The van der Waals surface area contributed by atoms with Crippen LogP contribution in [0.5, 0.6) is 0 Å². The molecule has 0 bridgehead atoms. The van der Waals surface area contributed by atoms with E-state index in [0.29, 0.717) is 36.9 Å². The van der Waals surface area contributed by atoms with Gasteiger partial charge in [-0.05, 0) is 92.3 Å². The normalized spacial score (nSPS) is 54.1. The van der Waals surface area contributed by atoms with E-state index in [-0.39, 0.29) is 33.0 Å². The quantitative estimate of drug-likeness (QED) is 0.434. The number of aliphatic hydroxyl groups excluding tert-OH is 1. The minimum Gasteiger partial charge on any atom is -0.481 e. The van der Waals surface area contributed by atoms with Gasteiger partial charge in [-0.1, -0.05) is 53.2 Å². The van der Waals surface area contributed by atoms with E-state index < -0.39 is 17.5 Å². The summed E-state index contributed by atoms with van der Waals surface area (Å²) >= 11 is 0. The molecule has 1 unspecified atom stereocenters. The Morgan fingerprint density at radius 1 is 0.912 bits per heavy atom. The van der Waals surface area contributed by atoms with Gasteiger partial charge < -0.3 is 10.2 Å². The highest BCUT2D eigenvalue weighted by Gasteiger charge is 2.69. The summed E-state index contributed by atoms with van der Waals surface area (Å²) in [6.07, 6.45) is 9.84. The third-order valence-corrected chi connectivity index (χ3v) is 13.2. The van der Waals surface area contributed by atoms with Crippen LogP contribution in [-0.4, -0.2) is 28.1 Å². The first-order valence-electron chi connectivity index (χ1n) is 13.7. The van der Waals surface area contributed by atoms with Crippen molar-refractivity contribution < 1.29 is 19.8 Å². The highest BCUT2D eigenvalue weighted by Crippen LogP contribution is 2.75. The minimum absolute atomic E-state index is 0.0101. The number of Topliss-reactive ketones (excluding diaryl/α,β-unsaturated/α-hetero) is 1. The van der Waals surface area contributed by atoms with Crippen molar-refractivity contribution in [1.29, 1.82) is 0 Å². The fourth-order valence-corrected chi connectivity index (χ4v) is 10.5. The van der Waals surface area contributed by atoms with Gasteiger partial charge in [0, 0.05) is 17.3 Å². The summed E-state index contributed by atoms with van der Waals surface area (Å²) in [5.74, 6) is 0.740. The van der Waals surface area contributed by atoms with Crippen LogP contribution < -0.4 is 0 Å². The molecule has 0 amide bonds. The Kier molecular flexibility index (Phi) is 5.04. The molecule has 0 saturated heterocycles. The Morgan fingerprint density at radius 3 is 2.24 bits per heavy atom. The Hall–Kier alpha value is -1.16. The molecule has 2 N–H and O–H groups in total. The summed E-state index contributed by atoms with van der Waals surface area (Å²) in [6, 6.07) is 0. The van der Waals surface area contributed by atoms with Crippen molar-refractivity contribution in [3.05, 3.63) is 11.6 Å². The van der Waals surface area contributed by atoms with Gasteiger partial charge in [-0.15, -0.1) is 0 Å². The van der Waals surface area contributed by atoms with Gasteiger partial charge in [-0.3, -0.25) is 9.59 Å². The van der Waals surface area contributed by atoms with Crippen molar-refractivity contribution in [2.45, 2.75) is 112 Å².